The molecule has 320 valence electrons. The van der Waals surface area contributed by atoms with E-state index in [9.17, 15) is 14.4 Å². The van der Waals surface area contributed by atoms with Crippen molar-refractivity contribution in [3.05, 3.63) is 52.1 Å². The number of anilines is 1. The van der Waals surface area contributed by atoms with E-state index in [1.807, 2.05) is 18.5 Å². The molecule has 15 heteroatoms. The summed E-state index contributed by atoms with van der Waals surface area (Å²) < 4.78 is 20.0. The molecular formula is C45H58N8O6S. The van der Waals surface area contributed by atoms with E-state index < -0.39 is 23.5 Å². The van der Waals surface area contributed by atoms with Gasteiger partial charge in [0.25, 0.3) is 5.91 Å². The average Bonchev–Trinajstić information content (AvgIpc) is 3.58. The van der Waals surface area contributed by atoms with E-state index in [1.165, 1.54) is 16.3 Å². The van der Waals surface area contributed by atoms with Gasteiger partial charge in [-0.05, 0) is 75.8 Å². The molecule has 1 aliphatic carbocycles. The Morgan fingerprint density at radius 1 is 1.12 bits per heavy atom. The Balaban J connectivity index is 1.15. The Bertz CT molecular complexity index is 2270. The SMILES string of the molecule is CCn1c(-c2cc(N3CCN(C)CC3)cnc2[C@H](C)OC)c2c3cc(ccc31)-c1csc(n1)C[C@H](NC(=O)[C@H]1[C@@H]3COC[C@@H]31)C(=O)N1CCC[C@H](N1)C(=O)OCC(C)(C)C2. The van der Waals surface area contributed by atoms with Crippen molar-refractivity contribution in [2.24, 2.45) is 23.2 Å². The molecule has 3 saturated heterocycles. The number of carbonyl (C=O) groups excluding carboxylic acids is 3. The first-order valence-electron chi connectivity index (χ1n) is 21.6. The van der Waals surface area contributed by atoms with Gasteiger partial charge in [0.15, 0.2) is 0 Å². The molecule has 4 aliphatic heterocycles. The zero-order valence-corrected chi connectivity index (χ0v) is 36.5. The number of aryl methyl sites for hydroxylation is 1. The molecule has 2 amide bonds. The van der Waals surface area contributed by atoms with E-state index in [-0.39, 0.29) is 48.7 Å². The van der Waals surface area contributed by atoms with E-state index in [0.717, 1.165) is 88.1 Å². The predicted octanol–water partition coefficient (Wildman–Crippen LogP) is 4.85. The van der Waals surface area contributed by atoms with Gasteiger partial charge in [-0.25, -0.2) is 10.4 Å². The predicted molar refractivity (Wildman–Crippen MR) is 230 cm³/mol. The number of hydrazine groups is 1. The number of nitrogens with zero attached hydrogens (tertiary/aromatic N) is 6. The van der Waals surface area contributed by atoms with Gasteiger partial charge in [-0.2, -0.15) is 0 Å². The molecular weight excluding hydrogens is 781 g/mol. The van der Waals surface area contributed by atoms with Gasteiger partial charge in [0.05, 0.1) is 59.9 Å². The Morgan fingerprint density at radius 3 is 2.65 bits per heavy atom. The van der Waals surface area contributed by atoms with Crippen LogP contribution in [0.25, 0.3) is 33.4 Å². The Morgan fingerprint density at radius 2 is 1.90 bits per heavy atom. The maximum absolute atomic E-state index is 14.3. The summed E-state index contributed by atoms with van der Waals surface area (Å²) in [6, 6.07) is 7.30. The summed E-state index contributed by atoms with van der Waals surface area (Å²) in [5.41, 5.74) is 10.8. The van der Waals surface area contributed by atoms with Gasteiger partial charge >= 0.3 is 5.97 Å². The lowest BCUT2D eigenvalue weighted by Gasteiger charge is -2.35. The standard InChI is InChI=1S/C45H58N8O6S/c1-7-52-37-11-10-27-17-29(37)31(41(52)30-18-28(21-46-40(30)26(2)57-6)51-15-13-50(5)14-16-51)20-45(3,4)25-59-44(56)34-9-8-12-53(49-34)43(55)35(19-38-47-36(27)24-60-38)48-42(54)39-32-22-58-23-33(32)39/h10-11,17-18,21,24,26,32-35,39,49H,7-9,12-16,19-20,22-23,25H2,1-6H3,(H,48,54)/t26-,32-,33+,34-,35-,39+/m0/s1. The smallest absolute Gasteiger partial charge is 0.324 e. The van der Waals surface area contributed by atoms with Crippen LogP contribution >= 0.6 is 11.3 Å². The molecule has 60 heavy (non-hydrogen) atoms. The lowest BCUT2D eigenvalue weighted by molar-refractivity contribution is -0.155. The van der Waals surface area contributed by atoms with E-state index in [1.54, 1.807) is 7.11 Å². The fourth-order valence-corrected chi connectivity index (χ4v) is 10.6. The molecule has 14 nitrogen and oxygen atoms in total. The van der Waals surface area contributed by atoms with Gasteiger partial charge < -0.3 is 33.9 Å². The lowest BCUT2D eigenvalue weighted by Crippen LogP contribution is -2.60. The first kappa shape index (κ1) is 41.0. The van der Waals surface area contributed by atoms with Crippen molar-refractivity contribution >= 4 is 45.7 Å². The maximum Gasteiger partial charge on any atom is 0.324 e. The third-order valence-electron chi connectivity index (χ3n) is 13.3. The highest BCUT2D eigenvalue weighted by Crippen LogP contribution is 2.51. The molecule has 5 aliphatic rings. The number of esters is 1. The van der Waals surface area contributed by atoms with Gasteiger partial charge in [-0.15, -0.1) is 11.3 Å². The van der Waals surface area contributed by atoms with Crippen LogP contribution < -0.4 is 15.6 Å². The molecule has 2 N–H and O–H groups in total. The number of amides is 2. The number of benzene rings is 1. The van der Waals surface area contributed by atoms with Crippen molar-refractivity contribution in [3.63, 3.8) is 0 Å². The molecule has 1 saturated carbocycles. The molecule has 3 aromatic heterocycles. The third-order valence-corrected chi connectivity index (χ3v) is 14.2. The number of pyridine rings is 1. The fourth-order valence-electron chi connectivity index (χ4n) is 9.73. The monoisotopic (exact) mass is 838 g/mol. The fraction of sp³-hybridized carbons (Fsp3) is 0.578. The molecule has 6 atom stereocenters. The number of hydrogen-bond donors (Lipinski definition) is 2. The molecule has 9 rings (SSSR count). The molecule has 4 fully saturated rings. The van der Waals surface area contributed by atoms with Crippen LogP contribution in [0.1, 0.15) is 62.9 Å². The highest BCUT2D eigenvalue weighted by Gasteiger charge is 2.58. The van der Waals surface area contributed by atoms with Crippen molar-refractivity contribution in [1.29, 1.82) is 0 Å². The van der Waals surface area contributed by atoms with E-state index in [4.69, 9.17) is 24.2 Å². The number of fused-ring (bicyclic) bond motifs is 7. The van der Waals surface area contributed by atoms with Crippen LogP contribution in [0.5, 0.6) is 0 Å². The molecule has 7 heterocycles. The van der Waals surface area contributed by atoms with Gasteiger partial charge in [0.2, 0.25) is 5.91 Å². The van der Waals surface area contributed by atoms with Crippen LogP contribution in [-0.2, 0) is 48.0 Å². The molecule has 0 radical (unpaired) electrons. The summed E-state index contributed by atoms with van der Waals surface area (Å²) >= 11 is 1.49. The van der Waals surface area contributed by atoms with Crippen molar-refractivity contribution in [3.8, 4) is 22.5 Å². The molecule has 0 spiro atoms. The summed E-state index contributed by atoms with van der Waals surface area (Å²) in [5, 5.41) is 8.49. The number of rotatable bonds is 7. The van der Waals surface area contributed by atoms with Crippen LogP contribution in [0.3, 0.4) is 0 Å². The second-order valence-electron chi connectivity index (χ2n) is 18.1. The summed E-state index contributed by atoms with van der Waals surface area (Å²) in [4.78, 5) is 56.7. The number of piperazine rings is 1. The zero-order valence-electron chi connectivity index (χ0n) is 35.7. The van der Waals surface area contributed by atoms with Crippen LogP contribution in [0.4, 0.5) is 5.69 Å². The largest absolute Gasteiger partial charge is 0.464 e. The molecule has 6 bridgehead atoms. The second-order valence-corrected chi connectivity index (χ2v) is 19.1. The quantitative estimate of drug-likeness (QED) is 0.247. The number of thiazole rings is 1. The number of likely N-dealkylation sites (N-methyl/N-ethyl adjacent to an activating group) is 1. The minimum atomic E-state index is -0.854. The first-order chi connectivity index (χ1) is 28.9. The Kier molecular flexibility index (Phi) is 11.2. The zero-order chi connectivity index (χ0) is 41.9. The number of nitrogens with one attached hydrogen (secondary N) is 2. The van der Waals surface area contributed by atoms with E-state index in [2.05, 4.69) is 77.2 Å². The Labute approximate surface area is 355 Å². The van der Waals surface area contributed by atoms with Crippen molar-refractivity contribution in [1.82, 2.24) is 35.2 Å². The molecule has 1 aromatic carbocycles. The van der Waals surface area contributed by atoms with Crippen molar-refractivity contribution in [2.45, 2.75) is 78.1 Å². The lowest BCUT2D eigenvalue weighted by atomic mass is 9.84. The normalized spacial score (nSPS) is 26.4. The number of cyclic esters (lactones) is 1. The van der Waals surface area contributed by atoms with Gasteiger partial charge in [0, 0.05) is 91.5 Å². The summed E-state index contributed by atoms with van der Waals surface area (Å²) in [6.45, 7) is 14.8. The summed E-state index contributed by atoms with van der Waals surface area (Å²) in [6.07, 6.45) is 3.74. The average molecular weight is 839 g/mol. The van der Waals surface area contributed by atoms with Gasteiger partial charge in [-0.3, -0.25) is 24.4 Å². The van der Waals surface area contributed by atoms with Crippen LogP contribution in [0.2, 0.25) is 0 Å². The van der Waals surface area contributed by atoms with Gasteiger partial charge in [-0.1, -0.05) is 19.9 Å². The van der Waals surface area contributed by atoms with Gasteiger partial charge in [0.1, 0.15) is 12.1 Å². The topological polar surface area (TPSA) is 143 Å². The highest BCUT2D eigenvalue weighted by atomic mass is 32.1. The number of ether oxygens (including phenoxy) is 3. The maximum atomic E-state index is 14.3. The van der Waals surface area contributed by atoms with Crippen LogP contribution in [0.15, 0.2) is 35.8 Å². The van der Waals surface area contributed by atoms with Crippen molar-refractivity contribution in [2.75, 3.05) is 71.6 Å². The number of methoxy groups -OCH3 is 1. The van der Waals surface area contributed by atoms with Crippen LogP contribution in [0, 0.1) is 23.2 Å². The Hall–Kier alpha value is -4.41. The second kappa shape index (κ2) is 16.5. The highest BCUT2D eigenvalue weighted by molar-refractivity contribution is 7.10. The van der Waals surface area contributed by atoms with E-state index >= 15 is 0 Å². The summed E-state index contributed by atoms with van der Waals surface area (Å²) in [5.74, 6) is -0.533. The number of hydrogen-bond acceptors (Lipinski definition) is 12. The third kappa shape index (κ3) is 7.83. The number of aromatic nitrogens is 3. The molecule has 0 unspecified atom stereocenters. The summed E-state index contributed by atoms with van der Waals surface area (Å²) in [7, 11) is 3.89. The molecule has 4 aromatic rings. The minimum Gasteiger partial charge on any atom is -0.464 e. The minimum absolute atomic E-state index is 0.123. The van der Waals surface area contributed by atoms with E-state index in [0.29, 0.717) is 39.0 Å². The van der Waals surface area contributed by atoms with Crippen LogP contribution in [-0.4, -0.2) is 121 Å². The first-order valence-corrected chi connectivity index (χ1v) is 22.5. The number of carbonyl (C=O) groups is 3. The van der Waals surface area contributed by atoms with Crippen molar-refractivity contribution < 1.29 is 28.6 Å².